The highest BCUT2D eigenvalue weighted by Gasteiger charge is 2.40. The van der Waals surface area contributed by atoms with E-state index in [1.807, 2.05) is 13.0 Å². The van der Waals surface area contributed by atoms with E-state index in [0.717, 1.165) is 12.8 Å². The van der Waals surface area contributed by atoms with Gasteiger partial charge in [0.25, 0.3) is 0 Å². The van der Waals surface area contributed by atoms with Crippen LogP contribution in [-0.2, 0) is 9.47 Å². The molecule has 0 bridgehead atoms. The van der Waals surface area contributed by atoms with Crippen molar-refractivity contribution in [1.82, 2.24) is 0 Å². The normalized spacial score (nSPS) is 35.7. The minimum absolute atomic E-state index is 0.0918. The van der Waals surface area contributed by atoms with Crippen LogP contribution in [0.1, 0.15) is 19.8 Å². The lowest BCUT2D eigenvalue weighted by Gasteiger charge is -2.15. The third-order valence-corrected chi connectivity index (χ3v) is 2.67. The summed E-state index contributed by atoms with van der Waals surface area (Å²) >= 11 is 0. The zero-order chi connectivity index (χ0) is 11.3. The van der Waals surface area contributed by atoms with Crippen LogP contribution in [0.25, 0.3) is 0 Å². The second-order valence-corrected chi connectivity index (χ2v) is 3.88. The minimum Gasteiger partial charge on any atom is -0.394 e. The number of aliphatic hydroxyl groups is 2. The standard InChI is InChI=1S/C11H20O4/c1-3-4-5-6-14-11-8(2)10(13)9(7-12)15-11/h3,8-13H,1,4-7H2,2H3. The summed E-state index contributed by atoms with van der Waals surface area (Å²) in [4.78, 5) is 0. The largest absolute Gasteiger partial charge is 0.394 e. The zero-order valence-corrected chi connectivity index (χ0v) is 9.13. The molecule has 1 rings (SSSR count). The van der Waals surface area contributed by atoms with E-state index in [2.05, 4.69) is 6.58 Å². The number of hydrogen-bond acceptors (Lipinski definition) is 4. The summed E-state index contributed by atoms with van der Waals surface area (Å²) in [5.74, 6) is -0.0918. The molecule has 0 aromatic carbocycles. The molecule has 1 aliphatic heterocycles. The maximum Gasteiger partial charge on any atom is 0.163 e. The van der Waals surface area contributed by atoms with E-state index < -0.39 is 18.5 Å². The quantitative estimate of drug-likeness (QED) is 0.506. The molecule has 1 heterocycles. The maximum atomic E-state index is 9.65. The van der Waals surface area contributed by atoms with Gasteiger partial charge in [-0.15, -0.1) is 6.58 Å². The van der Waals surface area contributed by atoms with Crippen LogP contribution < -0.4 is 0 Å². The molecule has 0 aromatic heterocycles. The Hall–Kier alpha value is -0.420. The van der Waals surface area contributed by atoms with Gasteiger partial charge in [-0.25, -0.2) is 0 Å². The molecule has 1 fully saturated rings. The van der Waals surface area contributed by atoms with E-state index in [1.54, 1.807) is 0 Å². The van der Waals surface area contributed by atoms with Crippen molar-refractivity contribution in [3.8, 4) is 0 Å². The summed E-state index contributed by atoms with van der Waals surface area (Å²) in [6, 6.07) is 0. The Labute approximate surface area is 90.5 Å². The second kappa shape index (κ2) is 6.23. The van der Waals surface area contributed by atoms with Gasteiger partial charge < -0.3 is 19.7 Å². The number of ether oxygens (including phenoxy) is 2. The van der Waals surface area contributed by atoms with Crippen molar-refractivity contribution >= 4 is 0 Å². The third kappa shape index (κ3) is 3.28. The number of unbranched alkanes of at least 4 members (excludes halogenated alkanes) is 1. The fraction of sp³-hybridized carbons (Fsp3) is 0.818. The Morgan fingerprint density at radius 1 is 1.53 bits per heavy atom. The van der Waals surface area contributed by atoms with Crippen LogP contribution in [0.2, 0.25) is 0 Å². The van der Waals surface area contributed by atoms with Crippen molar-refractivity contribution in [1.29, 1.82) is 0 Å². The van der Waals surface area contributed by atoms with E-state index >= 15 is 0 Å². The van der Waals surface area contributed by atoms with Gasteiger partial charge in [-0.2, -0.15) is 0 Å². The van der Waals surface area contributed by atoms with Crippen LogP contribution in [0, 0.1) is 5.92 Å². The first kappa shape index (κ1) is 12.6. The summed E-state index contributed by atoms with van der Waals surface area (Å²) in [7, 11) is 0. The molecule has 0 saturated carbocycles. The fourth-order valence-corrected chi connectivity index (χ4v) is 1.65. The molecular formula is C11H20O4. The van der Waals surface area contributed by atoms with Gasteiger partial charge in [-0.05, 0) is 12.8 Å². The zero-order valence-electron chi connectivity index (χ0n) is 9.13. The van der Waals surface area contributed by atoms with Crippen molar-refractivity contribution in [3.63, 3.8) is 0 Å². The number of hydrogen-bond donors (Lipinski definition) is 2. The van der Waals surface area contributed by atoms with Crippen molar-refractivity contribution < 1.29 is 19.7 Å². The van der Waals surface area contributed by atoms with Gasteiger partial charge in [0.15, 0.2) is 6.29 Å². The van der Waals surface area contributed by atoms with Gasteiger partial charge >= 0.3 is 0 Å². The van der Waals surface area contributed by atoms with Crippen LogP contribution >= 0.6 is 0 Å². The van der Waals surface area contributed by atoms with E-state index in [1.165, 1.54) is 0 Å². The Kier molecular flexibility index (Phi) is 5.25. The minimum atomic E-state index is -0.639. The Balaban J connectivity index is 2.27. The average Bonchev–Trinajstić information content (AvgIpc) is 2.52. The smallest absolute Gasteiger partial charge is 0.163 e. The lowest BCUT2D eigenvalue weighted by molar-refractivity contribution is -0.154. The second-order valence-electron chi connectivity index (χ2n) is 3.88. The highest BCUT2D eigenvalue weighted by Crippen LogP contribution is 2.27. The highest BCUT2D eigenvalue weighted by atomic mass is 16.7. The Morgan fingerprint density at radius 3 is 2.80 bits per heavy atom. The molecule has 4 unspecified atom stereocenters. The van der Waals surface area contributed by atoms with E-state index in [4.69, 9.17) is 14.6 Å². The first-order chi connectivity index (χ1) is 7.20. The number of rotatable bonds is 6. The predicted octanol–water partition coefficient (Wildman–Crippen LogP) is 0.683. The molecule has 0 radical (unpaired) electrons. The molecule has 4 nitrogen and oxygen atoms in total. The molecule has 1 aliphatic rings. The summed E-state index contributed by atoms with van der Waals surface area (Å²) in [6.45, 7) is 5.90. The lowest BCUT2D eigenvalue weighted by atomic mass is 10.0. The molecule has 0 spiro atoms. The summed E-state index contributed by atoms with van der Waals surface area (Å²) in [5, 5.41) is 18.6. The molecular weight excluding hydrogens is 196 g/mol. The molecule has 0 amide bonds. The van der Waals surface area contributed by atoms with Crippen LogP contribution in [-0.4, -0.2) is 41.9 Å². The first-order valence-electron chi connectivity index (χ1n) is 5.37. The molecule has 88 valence electrons. The topological polar surface area (TPSA) is 58.9 Å². The van der Waals surface area contributed by atoms with Crippen LogP contribution in [0.5, 0.6) is 0 Å². The molecule has 15 heavy (non-hydrogen) atoms. The third-order valence-electron chi connectivity index (χ3n) is 2.67. The van der Waals surface area contributed by atoms with Crippen LogP contribution in [0.4, 0.5) is 0 Å². The number of allylic oxidation sites excluding steroid dienone is 1. The molecule has 4 atom stereocenters. The Morgan fingerprint density at radius 2 is 2.27 bits per heavy atom. The van der Waals surface area contributed by atoms with E-state index in [-0.39, 0.29) is 12.5 Å². The Bertz CT molecular complexity index is 195. The monoisotopic (exact) mass is 216 g/mol. The van der Waals surface area contributed by atoms with Gasteiger partial charge in [-0.1, -0.05) is 13.0 Å². The van der Waals surface area contributed by atoms with Crippen molar-refractivity contribution in [2.75, 3.05) is 13.2 Å². The molecule has 0 aliphatic carbocycles. The summed E-state index contributed by atoms with van der Waals surface area (Å²) in [6.07, 6.45) is 2.10. The van der Waals surface area contributed by atoms with Gasteiger partial charge in [0, 0.05) is 5.92 Å². The van der Waals surface area contributed by atoms with Crippen molar-refractivity contribution in [2.24, 2.45) is 5.92 Å². The first-order valence-corrected chi connectivity index (χ1v) is 5.37. The van der Waals surface area contributed by atoms with Gasteiger partial charge in [0.05, 0.1) is 19.3 Å². The highest BCUT2D eigenvalue weighted by molar-refractivity contribution is 4.83. The van der Waals surface area contributed by atoms with Crippen LogP contribution in [0.3, 0.4) is 0 Å². The fourth-order valence-electron chi connectivity index (χ4n) is 1.65. The van der Waals surface area contributed by atoms with Gasteiger partial charge in [0.2, 0.25) is 0 Å². The van der Waals surface area contributed by atoms with Crippen molar-refractivity contribution in [2.45, 2.75) is 38.3 Å². The predicted molar refractivity (Wildman–Crippen MR) is 56.3 cm³/mol. The van der Waals surface area contributed by atoms with Gasteiger partial charge in [-0.3, -0.25) is 0 Å². The average molecular weight is 216 g/mol. The molecule has 4 heteroatoms. The van der Waals surface area contributed by atoms with Gasteiger partial charge in [0.1, 0.15) is 6.10 Å². The maximum absolute atomic E-state index is 9.65. The van der Waals surface area contributed by atoms with Crippen molar-refractivity contribution in [3.05, 3.63) is 12.7 Å². The molecule has 1 saturated heterocycles. The van der Waals surface area contributed by atoms with E-state index in [0.29, 0.717) is 6.61 Å². The summed E-state index contributed by atoms with van der Waals surface area (Å²) < 4.78 is 10.8. The lowest BCUT2D eigenvalue weighted by Crippen LogP contribution is -2.28. The molecule has 2 N–H and O–H groups in total. The SMILES string of the molecule is C=CCCCOC1OC(CO)C(O)C1C. The van der Waals surface area contributed by atoms with Crippen LogP contribution in [0.15, 0.2) is 12.7 Å². The number of aliphatic hydroxyl groups excluding tert-OH is 2. The molecule has 0 aromatic rings. The van der Waals surface area contributed by atoms with E-state index in [9.17, 15) is 5.11 Å². The summed E-state index contributed by atoms with van der Waals surface area (Å²) in [5.41, 5.74) is 0.